The van der Waals surface area contributed by atoms with Gasteiger partial charge in [0.15, 0.2) is 0 Å². The highest BCUT2D eigenvalue weighted by Crippen LogP contribution is 2.27. The minimum atomic E-state index is -0.438. The van der Waals surface area contributed by atoms with Crippen LogP contribution in [0.15, 0.2) is 62.2 Å². The SMILES string of the molecule is Cc1c(C(=O)c2ccc(Br)cc2)[nH]c2c1c(=O)oc1ccccc12. The van der Waals surface area contributed by atoms with Gasteiger partial charge in [0.2, 0.25) is 5.78 Å². The number of halogens is 1. The molecule has 0 atom stereocenters. The first-order valence-electron chi connectivity index (χ1n) is 7.40. The Morgan fingerprint density at radius 1 is 1.08 bits per heavy atom. The van der Waals surface area contributed by atoms with Crippen LogP contribution >= 0.6 is 15.9 Å². The van der Waals surface area contributed by atoms with Crippen molar-refractivity contribution in [2.45, 2.75) is 6.92 Å². The zero-order valence-corrected chi connectivity index (χ0v) is 14.3. The topological polar surface area (TPSA) is 63.1 Å². The summed E-state index contributed by atoms with van der Waals surface area (Å²) in [6.07, 6.45) is 0. The molecule has 0 spiro atoms. The number of carbonyl (C=O) groups is 1. The normalized spacial score (nSPS) is 11.2. The van der Waals surface area contributed by atoms with Crippen molar-refractivity contribution in [1.82, 2.24) is 4.98 Å². The Morgan fingerprint density at radius 3 is 2.54 bits per heavy atom. The van der Waals surface area contributed by atoms with Crippen LogP contribution in [0.5, 0.6) is 0 Å². The fraction of sp³-hybridized carbons (Fsp3) is 0.0526. The second-order valence-corrected chi connectivity index (χ2v) is 6.51. The Bertz CT molecular complexity index is 1150. The molecule has 0 aliphatic carbocycles. The lowest BCUT2D eigenvalue weighted by atomic mass is 10.0. The van der Waals surface area contributed by atoms with Crippen LogP contribution in [0.4, 0.5) is 0 Å². The van der Waals surface area contributed by atoms with E-state index in [1.54, 1.807) is 31.2 Å². The van der Waals surface area contributed by atoms with Crippen LogP contribution in [0.3, 0.4) is 0 Å². The molecule has 118 valence electrons. The predicted molar refractivity (Wildman–Crippen MR) is 96.7 cm³/mol. The van der Waals surface area contributed by atoms with Gasteiger partial charge in [-0.25, -0.2) is 4.79 Å². The van der Waals surface area contributed by atoms with Gasteiger partial charge in [0.05, 0.1) is 16.6 Å². The molecule has 0 unspecified atom stereocenters. The van der Waals surface area contributed by atoms with Crippen molar-refractivity contribution in [3.05, 3.63) is 80.2 Å². The summed E-state index contributed by atoms with van der Waals surface area (Å²) in [5, 5.41) is 1.21. The number of aromatic nitrogens is 1. The number of hydrogen-bond donors (Lipinski definition) is 1. The molecule has 0 bridgehead atoms. The summed E-state index contributed by atoms with van der Waals surface area (Å²) >= 11 is 3.36. The average molecular weight is 382 g/mol. The second-order valence-electron chi connectivity index (χ2n) is 5.60. The van der Waals surface area contributed by atoms with E-state index in [-0.39, 0.29) is 5.78 Å². The Labute approximate surface area is 145 Å². The van der Waals surface area contributed by atoms with Crippen LogP contribution in [0.2, 0.25) is 0 Å². The van der Waals surface area contributed by atoms with E-state index in [4.69, 9.17) is 4.42 Å². The average Bonchev–Trinajstić information content (AvgIpc) is 2.93. The lowest BCUT2D eigenvalue weighted by molar-refractivity contribution is 0.103. The summed E-state index contributed by atoms with van der Waals surface area (Å²) in [5.41, 5.74) is 2.28. The quantitative estimate of drug-likeness (QED) is 0.408. The third-order valence-electron chi connectivity index (χ3n) is 4.15. The van der Waals surface area contributed by atoms with Crippen molar-refractivity contribution in [3.63, 3.8) is 0 Å². The lowest BCUT2D eigenvalue weighted by Gasteiger charge is -2.00. The Balaban J connectivity index is 2.00. The molecule has 0 fully saturated rings. The fourth-order valence-corrected chi connectivity index (χ4v) is 3.20. The lowest BCUT2D eigenvalue weighted by Crippen LogP contribution is -2.04. The van der Waals surface area contributed by atoms with Gasteiger partial charge in [-0.05, 0) is 48.9 Å². The molecule has 0 saturated carbocycles. The van der Waals surface area contributed by atoms with Gasteiger partial charge in [0, 0.05) is 15.4 Å². The third kappa shape index (κ3) is 2.20. The minimum Gasteiger partial charge on any atom is -0.422 e. The number of hydrogen-bond acceptors (Lipinski definition) is 3. The summed E-state index contributed by atoms with van der Waals surface area (Å²) in [4.78, 5) is 28.3. The van der Waals surface area contributed by atoms with Crippen LogP contribution < -0.4 is 5.63 Å². The van der Waals surface area contributed by atoms with Crippen molar-refractivity contribution in [2.75, 3.05) is 0 Å². The summed E-state index contributed by atoms with van der Waals surface area (Å²) < 4.78 is 6.28. The van der Waals surface area contributed by atoms with E-state index in [1.807, 2.05) is 24.3 Å². The molecule has 1 N–H and O–H groups in total. The van der Waals surface area contributed by atoms with Crippen LogP contribution in [0.1, 0.15) is 21.6 Å². The number of para-hydroxylation sites is 1. The molecule has 4 rings (SSSR count). The first kappa shape index (κ1) is 14.9. The molecule has 0 saturated heterocycles. The monoisotopic (exact) mass is 381 g/mol. The zero-order valence-electron chi connectivity index (χ0n) is 12.7. The van der Waals surface area contributed by atoms with Crippen LogP contribution in [-0.2, 0) is 0 Å². The number of rotatable bonds is 2. The molecule has 2 aromatic carbocycles. The minimum absolute atomic E-state index is 0.153. The summed E-state index contributed by atoms with van der Waals surface area (Å²) in [6.45, 7) is 1.76. The highest BCUT2D eigenvalue weighted by Gasteiger charge is 2.20. The van der Waals surface area contributed by atoms with E-state index in [9.17, 15) is 9.59 Å². The molecule has 0 aliphatic rings. The smallest absolute Gasteiger partial charge is 0.346 e. The Morgan fingerprint density at radius 2 is 1.79 bits per heavy atom. The van der Waals surface area contributed by atoms with Gasteiger partial charge in [0.25, 0.3) is 0 Å². The summed E-state index contributed by atoms with van der Waals surface area (Å²) in [6, 6.07) is 14.4. The number of aromatic amines is 1. The Hall–Kier alpha value is -2.66. The van der Waals surface area contributed by atoms with Crippen LogP contribution in [0, 0.1) is 6.92 Å². The van der Waals surface area contributed by atoms with E-state index in [1.165, 1.54) is 0 Å². The molecular weight excluding hydrogens is 370 g/mol. The molecule has 2 aromatic heterocycles. The molecular formula is C19H12BrNO3. The second kappa shape index (κ2) is 5.46. The van der Waals surface area contributed by atoms with Crippen molar-refractivity contribution < 1.29 is 9.21 Å². The predicted octanol–water partition coefficient (Wildman–Crippen LogP) is 4.58. The first-order valence-corrected chi connectivity index (χ1v) is 8.20. The third-order valence-corrected chi connectivity index (χ3v) is 4.68. The standard InChI is InChI=1S/C19H12BrNO3/c1-10-15-17(13-4-2-3-5-14(13)24-19(15)23)21-16(10)18(22)11-6-8-12(20)9-7-11/h2-9,21H,1H3. The van der Waals surface area contributed by atoms with Gasteiger partial charge in [-0.3, -0.25) is 4.79 Å². The molecule has 2 heterocycles. The highest BCUT2D eigenvalue weighted by atomic mass is 79.9. The maximum absolute atomic E-state index is 12.8. The van der Waals surface area contributed by atoms with Gasteiger partial charge < -0.3 is 9.40 Å². The van der Waals surface area contributed by atoms with Crippen molar-refractivity contribution in [1.29, 1.82) is 0 Å². The number of nitrogens with one attached hydrogen (secondary N) is 1. The van der Waals surface area contributed by atoms with E-state index in [0.717, 1.165) is 9.86 Å². The van der Waals surface area contributed by atoms with E-state index >= 15 is 0 Å². The molecule has 4 nitrogen and oxygen atoms in total. The van der Waals surface area contributed by atoms with Crippen molar-refractivity contribution >= 4 is 43.6 Å². The van der Waals surface area contributed by atoms with E-state index in [2.05, 4.69) is 20.9 Å². The number of fused-ring (bicyclic) bond motifs is 3. The van der Waals surface area contributed by atoms with E-state index < -0.39 is 5.63 Å². The zero-order chi connectivity index (χ0) is 16.8. The number of carbonyl (C=O) groups excluding carboxylic acids is 1. The maximum Gasteiger partial charge on any atom is 0.346 e. The molecule has 24 heavy (non-hydrogen) atoms. The summed E-state index contributed by atoms with van der Waals surface area (Å²) in [5.74, 6) is -0.153. The Kier molecular flexibility index (Phi) is 3.39. The molecule has 5 heteroatoms. The van der Waals surface area contributed by atoms with Gasteiger partial charge in [-0.1, -0.05) is 28.1 Å². The van der Waals surface area contributed by atoms with Gasteiger partial charge in [0.1, 0.15) is 5.58 Å². The van der Waals surface area contributed by atoms with Gasteiger partial charge >= 0.3 is 5.63 Å². The molecule has 4 aromatic rings. The van der Waals surface area contributed by atoms with E-state index in [0.29, 0.717) is 33.3 Å². The van der Waals surface area contributed by atoms with Gasteiger partial charge in [-0.15, -0.1) is 0 Å². The number of benzene rings is 2. The molecule has 0 radical (unpaired) electrons. The van der Waals surface area contributed by atoms with Gasteiger partial charge in [-0.2, -0.15) is 0 Å². The first-order chi connectivity index (χ1) is 11.6. The molecule has 0 aliphatic heterocycles. The maximum atomic E-state index is 12.8. The molecule has 0 amide bonds. The highest BCUT2D eigenvalue weighted by molar-refractivity contribution is 9.10. The summed E-state index contributed by atoms with van der Waals surface area (Å²) in [7, 11) is 0. The number of H-pyrrole nitrogens is 1. The van der Waals surface area contributed by atoms with Crippen molar-refractivity contribution in [3.8, 4) is 0 Å². The number of ketones is 1. The van der Waals surface area contributed by atoms with Crippen LogP contribution in [-0.4, -0.2) is 10.8 Å². The number of aryl methyl sites for hydroxylation is 1. The van der Waals surface area contributed by atoms with Crippen LogP contribution in [0.25, 0.3) is 21.9 Å². The van der Waals surface area contributed by atoms with Crippen molar-refractivity contribution in [2.24, 2.45) is 0 Å². The largest absolute Gasteiger partial charge is 0.422 e. The fourth-order valence-electron chi connectivity index (χ4n) is 2.94.